The Labute approximate surface area is 94.7 Å². The quantitative estimate of drug-likeness (QED) is 0.764. The second kappa shape index (κ2) is 4.31. The lowest BCUT2D eigenvalue weighted by Gasteiger charge is -2.09. The molecule has 2 rings (SSSR count). The Hall–Kier alpha value is -1.90. The van der Waals surface area contributed by atoms with Crippen molar-refractivity contribution in [3.05, 3.63) is 42.1 Å². The van der Waals surface area contributed by atoms with Gasteiger partial charge in [0.1, 0.15) is 0 Å². The highest BCUT2D eigenvalue weighted by Crippen LogP contribution is 2.12. The highest BCUT2D eigenvalue weighted by Gasteiger charge is 2.06. The summed E-state index contributed by atoms with van der Waals surface area (Å²) in [7, 11) is 3.51. The number of hydrogen-bond acceptors (Lipinski definition) is 2. The maximum absolute atomic E-state index is 11.5. The van der Waals surface area contributed by atoms with Crippen LogP contribution in [0, 0.1) is 0 Å². The number of rotatable bonds is 2. The van der Waals surface area contributed by atoms with Gasteiger partial charge in [-0.15, -0.1) is 0 Å². The van der Waals surface area contributed by atoms with Crippen LogP contribution in [0.4, 0.5) is 0 Å². The molecule has 0 aliphatic rings. The standard InChI is InChI=1S/C13H14N2O/c1-15(2)13(16)9-11-8-7-10-5-3-4-6-12(10)14-11/h3-8H,9H2,1-2H3. The van der Waals surface area contributed by atoms with E-state index in [1.54, 1.807) is 19.0 Å². The van der Waals surface area contributed by atoms with E-state index in [2.05, 4.69) is 4.98 Å². The minimum Gasteiger partial charge on any atom is -0.348 e. The molecule has 0 saturated heterocycles. The Bertz CT molecular complexity index is 520. The molecular weight excluding hydrogens is 200 g/mol. The average Bonchev–Trinajstić information content (AvgIpc) is 2.28. The topological polar surface area (TPSA) is 33.2 Å². The number of amides is 1. The van der Waals surface area contributed by atoms with Gasteiger partial charge in [0.2, 0.25) is 5.91 Å². The molecule has 1 heterocycles. The van der Waals surface area contributed by atoms with Gasteiger partial charge in [0.05, 0.1) is 17.6 Å². The van der Waals surface area contributed by atoms with Crippen molar-refractivity contribution < 1.29 is 4.79 Å². The molecule has 0 spiro atoms. The summed E-state index contributed by atoms with van der Waals surface area (Å²) < 4.78 is 0. The minimum atomic E-state index is 0.0720. The molecule has 0 fully saturated rings. The monoisotopic (exact) mass is 214 g/mol. The Morgan fingerprint density at radius 2 is 1.94 bits per heavy atom. The number of fused-ring (bicyclic) bond motifs is 1. The molecular formula is C13H14N2O. The lowest BCUT2D eigenvalue weighted by Crippen LogP contribution is -2.23. The zero-order valence-electron chi connectivity index (χ0n) is 9.47. The summed E-state index contributed by atoms with van der Waals surface area (Å²) in [6.07, 6.45) is 0.359. The van der Waals surface area contributed by atoms with E-state index in [-0.39, 0.29) is 5.91 Å². The summed E-state index contributed by atoms with van der Waals surface area (Å²) in [6.45, 7) is 0. The van der Waals surface area contributed by atoms with Crippen LogP contribution < -0.4 is 0 Å². The van der Waals surface area contributed by atoms with E-state index in [1.165, 1.54) is 0 Å². The van der Waals surface area contributed by atoms with Crippen molar-refractivity contribution in [1.82, 2.24) is 9.88 Å². The number of aromatic nitrogens is 1. The summed E-state index contributed by atoms with van der Waals surface area (Å²) in [5.41, 5.74) is 1.75. The number of benzene rings is 1. The van der Waals surface area contributed by atoms with Crippen LogP contribution >= 0.6 is 0 Å². The first-order valence-corrected chi connectivity index (χ1v) is 5.21. The van der Waals surface area contributed by atoms with Crippen LogP contribution in [0.25, 0.3) is 10.9 Å². The van der Waals surface area contributed by atoms with Crippen LogP contribution in [0.2, 0.25) is 0 Å². The number of para-hydroxylation sites is 1. The van der Waals surface area contributed by atoms with Gasteiger partial charge in [0.15, 0.2) is 0 Å². The molecule has 2 aromatic rings. The minimum absolute atomic E-state index is 0.0720. The average molecular weight is 214 g/mol. The summed E-state index contributed by atoms with van der Waals surface area (Å²) in [4.78, 5) is 17.6. The summed E-state index contributed by atoms with van der Waals surface area (Å²) in [6, 6.07) is 11.8. The molecule has 3 heteroatoms. The van der Waals surface area contributed by atoms with Gasteiger partial charge in [-0.1, -0.05) is 24.3 Å². The van der Waals surface area contributed by atoms with Gasteiger partial charge in [0, 0.05) is 19.5 Å². The molecule has 0 bridgehead atoms. The molecule has 0 saturated carbocycles. The van der Waals surface area contributed by atoms with Gasteiger partial charge in [0.25, 0.3) is 0 Å². The second-order valence-electron chi connectivity index (χ2n) is 3.96. The highest BCUT2D eigenvalue weighted by molar-refractivity contribution is 5.81. The Morgan fingerprint density at radius 1 is 1.19 bits per heavy atom. The third-order valence-electron chi connectivity index (χ3n) is 2.49. The normalized spacial score (nSPS) is 10.4. The van der Waals surface area contributed by atoms with Crippen molar-refractivity contribution in [2.75, 3.05) is 14.1 Å². The molecule has 82 valence electrons. The first kappa shape index (κ1) is 10.6. The zero-order valence-corrected chi connectivity index (χ0v) is 9.47. The third-order valence-corrected chi connectivity index (χ3v) is 2.49. The maximum Gasteiger partial charge on any atom is 0.228 e. The van der Waals surface area contributed by atoms with E-state index < -0.39 is 0 Å². The van der Waals surface area contributed by atoms with E-state index in [4.69, 9.17) is 0 Å². The molecule has 0 unspecified atom stereocenters. The number of pyridine rings is 1. The Morgan fingerprint density at radius 3 is 2.69 bits per heavy atom. The largest absolute Gasteiger partial charge is 0.348 e. The van der Waals surface area contributed by atoms with Crippen LogP contribution in [0.3, 0.4) is 0 Å². The lowest BCUT2D eigenvalue weighted by atomic mass is 10.2. The van der Waals surface area contributed by atoms with Crippen LogP contribution in [-0.4, -0.2) is 29.9 Å². The third kappa shape index (κ3) is 2.19. The Kier molecular flexibility index (Phi) is 2.86. The molecule has 0 N–H and O–H groups in total. The first-order chi connectivity index (χ1) is 7.66. The fraction of sp³-hybridized carbons (Fsp3) is 0.231. The van der Waals surface area contributed by atoms with Crippen molar-refractivity contribution in [3.63, 3.8) is 0 Å². The summed E-state index contributed by atoms with van der Waals surface area (Å²) >= 11 is 0. The second-order valence-corrected chi connectivity index (χ2v) is 3.96. The van der Waals surface area contributed by atoms with Gasteiger partial charge >= 0.3 is 0 Å². The maximum atomic E-state index is 11.5. The van der Waals surface area contributed by atoms with E-state index in [0.717, 1.165) is 16.6 Å². The first-order valence-electron chi connectivity index (χ1n) is 5.21. The number of likely N-dealkylation sites (N-methyl/N-ethyl adjacent to an activating group) is 1. The fourth-order valence-electron chi connectivity index (χ4n) is 1.52. The van der Waals surface area contributed by atoms with Crippen LogP contribution in [-0.2, 0) is 11.2 Å². The molecule has 0 radical (unpaired) electrons. The number of carbonyl (C=O) groups is 1. The number of hydrogen-bond donors (Lipinski definition) is 0. The smallest absolute Gasteiger partial charge is 0.228 e. The fourth-order valence-corrected chi connectivity index (χ4v) is 1.52. The lowest BCUT2D eigenvalue weighted by molar-refractivity contribution is -0.128. The van der Waals surface area contributed by atoms with Crippen molar-refractivity contribution >= 4 is 16.8 Å². The van der Waals surface area contributed by atoms with Crippen molar-refractivity contribution in [1.29, 1.82) is 0 Å². The van der Waals surface area contributed by atoms with Gasteiger partial charge in [-0.2, -0.15) is 0 Å². The van der Waals surface area contributed by atoms with Crippen molar-refractivity contribution in [2.45, 2.75) is 6.42 Å². The van der Waals surface area contributed by atoms with Gasteiger partial charge in [-0.25, -0.2) is 0 Å². The van der Waals surface area contributed by atoms with Crippen molar-refractivity contribution in [3.8, 4) is 0 Å². The molecule has 1 amide bonds. The van der Waals surface area contributed by atoms with Gasteiger partial charge in [-0.3, -0.25) is 9.78 Å². The molecule has 16 heavy (non-hydrogen) atoms. The molecule has 0 atom stereocenters. The molecule has 1 aromatic heterocycles. The van der Waals surface area contributed by atoms with Crippen LogP contribution in [0.1, 0.15) is 5.69 Å². The Balaban J connectivity index is 2.29. The molecule has 3 nitrogen and oxygen atoms in total. The van der Waals surface area contributed by atoms with Crippen LogP contribution in [0.5, 0.6) is 0 Å². The van der Waals surface area contributed by atoms with Crippen LogP contribution in [0.15, 0.2) is 36.4 Å². The van der Waals surface area contributed by atoms with E-state index >= 15 is 0 Å². The van der Waals surface area contributed by atoms with Gasteiger partial charge in [-0.05, 0) is 12.1 Å². The van der Waals surface area contributed by atoms with E-state index in [9.17, 15) is 4.79 Å². The number of nitrogens with zero attached hydrogens (tertiary/aromatic N) is 2. The van der Waals surface area contributed by atoms with E-state index in [0.29, 0.717) is 6.42 Å². The summed E-state index contributed by atoms with van der Waals surface area (Å²) in [5, 5.41) is 1.10. The molecule has 1 aromatic carbocycles. The predicted octanol–water partition coefficient (Wildman–Crippen LogP) is 1.87. The molecule has 0 aliphatic carbocycles. The van der Waals surface area contributed by atoms with Gasteiger partial charge < -0.3 is 4.90 Å². The SMILES string of the molecule is CN(C)C(=O)Cc1ccc2ccccc2n1. The highest BCUT2D eigenvalue weighted by atomic mass is 16.2. The summed E-state index contributed by atoms with van der Waals surface area (Å²) in [5.74, 6) is 0.0720. The zero-order chi connectivity index (χ0) is 11.5. The van der Waals surface area contributed by atoms with E-state index in [1.807, 2.05) is 36.4 Å². The predicted molar refractivity (Wildman–Crippen MR) is 64.1 cm³/mol. The van der Waals surface area contributed by atoms with Crippen molar-refractivity contribution in [2.24, 2.45) is 0 Å². The number of carbonyl (C=O) groups excluding carboxylic acids is 1. The molecule has 0 aliphatic heterocycles.